The molecule has 2 unspecified atom stereocenters. The molecule has 2 atom stereocenters. The van der Waals surface area contributed by atoms with Crippen LogP contribution in [0.15, 0.2) is 218 Å². The number of nitrogens with zero attached hydrogens (tertiary/aromatic N) is 5. The minimum absolute atomic E-state index is 0.0524. The third-order valence-electron chi connectivity index (χ3n) is 15.6. The lowest BCUT2D eigenvalue weighted by molar-refractivity contribution is -0.0251. The van der Waals surface area contributed by atoms with Crippen molar-refractivity contribution in [3.8, 4) is 5.75 Å². The number of hydrogen-bond acceptors (Lipinski definition) is 6. The van der Waals surface area contributed by atoms with Gasteiger partial charge in [0.25, 0.3) is 0 Å². The third-order valence-corrected chi connectivity index (χ3v) is 15.6. The van der Waals surface area contributed by atoms with Crippen LogP contribution >= 0.6 is 0 Å². The van der Waals surface area contributed by atoms with Crippen molar-refractivity contribution in [3.63, 3.8) is 0 Å². The standard InChI is InChI=1S/C67H61N5O5/c1-75-67-37-19-18-36-66(67)68(38-46(73)44-76-48(40-69-58-28-10-2-20-50(58)51-21-3-11-29-59(51)69)41-70-60-30-12-4-22-52(60)53-23-5-13-31-61(53)70)39-47(74)45-77-49(42-71-62-32-14-6-24-54(62)55-25-7-15-33-63(55)71)43-72-64-34-16-8-26-56(64)57-27-9-17-35-65(57)72/h2-37,46-49,73-74H,38-45H2,1H3. The number of para-hydroxylation sites is 10. The molecule has 0 amide bonds. The number of benzene rings is 9. The molecular weight excluding hydrogens is 955 g/mol. The highest BCUT2D eigenvalue weighted by Gasteiger charge is 2.26. The van der Waals surface area contributed by atoms with Crippen molar-refractivity contribution in [2.75, 3.05) is 38.3 Å². The van der Waals surface area contributed by atoms with Gasteiger partial charge in [-0.25, -0.2) is 0 Å². The fraction of sp³-hybridized carbons (Fsp3) is 0.194. The van der Waals surface area contributed by atoms with E-state index in [2.05, 4.69) is 212 Å². The van der Waals surface area contributed by atoms with Crippen molar-refractivity contribution in [1.29, 1.82) is 0 Å². The Balaban J connectivity index is 0.790. The fourth-order valence-electron chi connectivity index (χ4n) is 12.2. The van der Waals surface area contributed by atoms with Gasteiger partial charge in [-0.3, -0.25) is 0 Å². The van der Waals surface area contributed by atoms with Crippen LogP contribution in [0.5, 0.6) is 5.75 Å². The van der Waals surface area contributed by atoms with E-state index in [0.717, 1.165) is 49.8 Å². The van der Waals surface area contributed by atoms with Crippen molar-refractivity contribution >= 4 is 92.9 Å². The number of rotatable bonds is 20. The molecule has 9 aromatic carbocycles. The van der Waals surface area contributed by atoms with Crippen molar-refractivity contribution in [2.45, 2.75) is 50.6 Å². The SMILES string of the molecule is COc1ccccc1N(CC(O)COC(Cn1c2ccccc2c2ccccc21)Cn1c2ccccc2c2ccccc21)CC(O)COC(Cn1c2ccccc2c2ccccc21)Cn1c2ccccc2c2ccccc21. The molecule has 10 heteroatoms. The normalized spacial score (nSPS) is 13.0. The second kappa shape index (κ2) is 21.0. The zero-order valence-electron chi connectivity index (χ0n) is 43.1. The molecule has 0 aliphatic rings. The number of hydrogen-bond donors (Lipinski definition) is 2. The van der Waals surface area contributed by atoms with Gasteiger partial charge in [-0.1, -0.05) is 158 Å². The van der Waals surface area contributed by atoms with Gasteiger partial charge in [-0.2, -0.15) is 0 Å². The van der Waals surface area contributed by atoms with Crippen molar-refractivity contribution in [2.24, 2.45) is 0 Å². The molecule has 4 heterocycles. The first-order valence-corrected chi connectivity index (χ1v) is 26.8. The molecule has 0 aliphatic carbocycles. The van der Waals surface area contributed by atoms with Gasteiger partial charge >= 0.3 is 0 Å². The van der Waals surface area contributed by atoms with Gasteiger partial charge in [0.05, 0.1) is 76.6 Å². The molecule has 0 saturated heterocycles. The molecule has 0 fully saturated rings. The molecule has 13 aromatic rings. The fourth-order valence-corrected chi connectivity index (χ4v) is 12.2. The molecule has 0 aliphatic heterocycles. The maximum absolute atomic E-state index is 12.3. The molecule has 4 aromatic heterocycles. The number of ether oxygens (including phenoxy) is 3. The van der Waals surface area contributed by atoms with E-state index in [1.54, 1.807) is 7.11 Å². The van der Waals surface area contributed by atoms with Crippen LogP contribution in [0.3, 0.4) is 0 Å². The quantitative estimate of drug-likeness (QED) is 0.0790. The lowest BCUT2D eigenvalue weighted by Gasteiger charge is -2.32. The maximum Gasteiger partial charge on any atom is 0.142 e. The van der Waals surface area contributed by atoms with Gasteiger partial charge in [0.2, 0.25) is 0 Å². The Morgan fingerprint density at radius 2 is 0.571 bits per heavy atom. The lowest BCUT2D eigenvalue weighted by atomic mass is 10.2. The van der Waals surface area contributed by atoms with Crippen LogP contribution in [0.25, 0.3) is 87.2 Å². The van der Waals surface area contributed by atoms with Gasteiger partial charge in [0.1, 0.15) is 5.75 Å². The Labute approximate surface area is 446 Å². The van der Waals surface area contributed by atoms with E-state index >= 15 is 0 Å². The zero-order chi connectivity index (χ0) is 51.8. The molecule has 77 heavy (non-hydrogen) atoms. The van der Waals surface area contributed by atoms with Crippen molar-refractivity contribution < 1.29 is 24.4 Å². The number of aliphatic hydroxyl groups is 2. The van der Waals surface area contributed by atoms with E-state index in [0.29, 0.717) is 31.9 Å². The second-order valence-electron chi connectivity index (χ2n) is 20.4. The van der Waals surface area contributed by atoms with Crippen LogP contribution in [-0.4, -0.2) is 86.3 Å². The summed E-state index contributed by atoms with van der Waals surface area (Å²) >= 11 is 0. The average Bonchev–Trinajstić information content (AvgIpc) is 4.19. The average molecular weight is 1020 g/mol. The summed E-state index contributed by atoms with van der Waals surface area (Å²) in [5.74, 6) is 0.639. The summed E-state index contributed by atoms with van der Waals surface area (Å²) in [6.45, 7) is 2.66. The number of methoxy groups -OCH3 is 1. The first-order chi connectivity index (χ1) is 38.0. The monoisotopic (exact) mass is 1020 g/mol. The highest BCUT2D eigenvalue weighted by Crippen LogP contribution is 2.35. The summed E-state index contributed by atoms with van der Waals surface area (Å²) in [5.41, 5.74) is 9.84. The van der Waals surface area contributed by atoms with Gasteiger partial charge in [-0.15, -0.1) is 0 Å². The van der Waals surface area contributed by atoms with Crippen LogP contribution in [0, 0.1) is 0 Å². The first-order valence-electron chi connectivity index (χ1n) is 26.8. The summed E-state index contributed by atoms with van der Waals surface area (Å²) < 4.78 is 29.4. The zero-order valence-corrected chi connectivity index (χ0v) is 43.1. The number of aliphatic hydroxyl groups excluding tert-OH is 2. The summed E-state index contributed by atoms with van der Waals surface area (Å²) in [6.07, 6.45) is -2.57. The number of fused-ring (bicyclic) bond motifs is 12. The number of anilines is 1. The molecule has 384 valence electrons. The highest BCUT2D eigenvalue weighted by molar-refractivity contribution is 6.10. The lowest BCUT2D eigenvalue weighted by Crippen LogP contribution is -2.42. The predicted octanol–water partition coefficient (Wildman–Crippen LogP) is 13.2. The predicted molar refractivity (Wildman–Crippen MR) is 314 cm³/mol. The second-order valence-corrected chi connectivity index (χ2v) is 20.4. The number of aromatic nitrogens is 4. The largest absolute Gasteiger partial charge is 0.495 e. The smallest absolute Gasteiger partial charge is 0.142 e. The third kappa shape index (κ3) is 9.13. The van der Waals surface area contributed by atoms with E-state index < -0.39 is 12.2 Å². The molecule has 2 N–H and O–H groups in total. The molecule has 0 saturated carbocycles. The van der Waals surface area contributed by atoms with Gasteiger partial charge < -0.3 is 47.6 Å². The van der Waals surface area contributed by atoms with Crippen LogP contribution in [-0.2, 0) is 35.7 Å². The molecule has 0 radical (unpaired) electrons. The Morgan fingerprint density at radius 3 is 0.831 bits per heavy atom. The van der Waals surface area contributed by atoms with Crippen LogP contribution in [0.2, 0.25) is 0 Å². The Hall–Kier alpha value is -8.38. The summed E-state index contributed by atoms with van der Waals surface area (Å²) in [6, 6.07) is 76.2. The van der Waals surface area contributed by atoms with E-state index in [9.17, 15) is 10.2 Å². The van der Waals surface area contributed by atoms with E-state index in [1.165, 1.54) is 43.1 Å². The Morgan fingerprint density at radius 1 is 0.338 bits per heavy atom. The molecule has 13 rings (SSSR count). The van der Waals surface area contributed by atoms with Crippen LogP contribution < -0.4 is 9.64 Å². The van der Waals surface area contributed by atoms with Crippen LogP contribution in [0.1, 0.15) is 0 Å². The highest BCUT2D eigenvalue weighted by atomic mass is 16.5. The van der Waals surface area contributed by atoms with E-state index in [4.69, 9.17) is 14.2 Å². The first kappa shape index (κ1) is 48.3. The van der Waals surface area contributed by atoms with Crippen molar-refractivity contribution in [1.82, 2.24) is 18.3 Å². The molecule has 0 bridgehead atoms. The Kier molecular flexibility index (Phi) is 13.1. The summed E-state index contributed by atoms with van der Waals surface area (Å²) in [7, 11) is 1.65. The topological polar surface area (TPSA) is 91.1 Å². The minimum atomic E-state index is -0.940. The van der Waals surface area contributed by atoms with Crippen molar-refractivity contribution in [3.05, 3.63) is 218 Å². The minimum Gasteiger partial charge on any atom is -0.495 e. The van der Waals surface area contributed by atoms with Crippen LogP contribution in [0.4, 0.5) is 5.69 Å². The molecular formula is C67H61N5O5. The van der Waals surface area contributed by atoms with Gasteiger partial charge in [0.15, 0.2) is 0 Å². The van der Waals surface area contributed by atoms with E-state index in [1.807, 2.05) is 29.2 Å². The molecule has 0 spiro atoms. The van der Waals surface area contributed by atoms with Gasteiger partial charge in [-0.05, 0) is 60.7 Å². The summed E-state index contributed by atoms with van der Waals surface area (Å²) in [4.78, 5) is 2.00. The van der Waals surface area contributed by atoms with Gasteiger partial charge in [0, 0.05) is 100 Å². The maximum atomic E-state index is 12.3. The molecule has 10 nitrogen and oxygen atoms in total. The van der Waals surface area contributed by atoms with E-state index in [-0.39, 0.29) is 38.5 Å². The Bertz CT molecular complexity index is 3530. The summed E-state index contributed by atoms with van der Waals surface area (Å²) in [5, 5.41) is 34.1.